The van der Waals surface area contributed by atoms with Crippen molar-refractivity contribution in [2.75, 3.05) is 13.6 Å². The number of rotatable bonds is 7. The Labute approximate surface area is 164 Å². The van der Waals surface area contributed by atoms with Crippen LogP contribution in [0, 0.1) is 18.7 Å². The Balaban J connectivity index is 1.95. The van der Waals surface area contributed by atoms with Gasteiger partial charge in [-0.05, 0) is 38.2 Å². The largest absolute Gasteiger partial charge is 0.481 e. The molecule has 0 saturated carbocycles. The number of nitrogens with zero attached hydrogens (tertiary/aromatic N) is 3. The van der Waals surface area contributed by atoms with E-state index in [1.807, 2.05) is 49.3 Å². The van der Waals surface area contributed by atoms with Crippen molar-refractivity contribution in [2.24, 2.45) is 5.92 Å². The van der Waals surface area contributed by atoms with Crippen molar-refractivity contribution in [3.05, 3.63) is 71.7 Å². The molecule has 0 fully saturated rings. The third-order valence-corrected chi connectivity index (χ3v) is 4.65. The van der Waals surface area contributed by atoms with E-state index in [9.17, 15) is 9.18 Å². The van der Waals surface area contributed by atoms with Crippen molar-refractivity contribution in [2.45, 2.75) is 20.4 Å². The van der Waals surface area contributed by atoms with Crippen LogP contribution in [-0.4, -0.2) is 39.3 Å². The number of hydrogen-bond donors (Lipinski definition) is 1. The summed E-state index contributed by atoms with van der Waals surface area (Å²) in [5.74, 6) is -1.56. The SMILES string of the molecule is Cc1ccc(-c2nn(-c3ccc(F)cc3)cc2CN(C)CC(C)C(=O)O)cc1. The Morgan fingerprint density at radius 1 is 1.18 bits per heavy atom. The lowest BCUT2D eigenvalue weighted by molar-refractivity contribution is -0.141. The van der Waals surface area contributed by atoms with E-state index in [0.29, 0.717) is 13.1 Å². The predicted molar refractivity (Wildman–Crippen MR) is 107 cm³/mol. The molecule has 3 aromatic rings. The smallest absolute Gasteiger partial charge is 0.307 e. The molecule has 1 N–H and O–H groups in total. The molecule has 0 bridgehead atoms. The minimum Gasteiger partial charge on any atom is -0.481 e. The Morgan fingerprint density at radius 2 is 1.82 bits per heavy atom. The predicted octanol–water partition coefficient (Wildman–Crippen LogP) is 4.14. The molecule has 0 aliphatic rings. The van der Waals surface area contributed by atoms with Crippen molar-refractivity contribution in [3.63, 3.8) is 0 Å². The zero-order valence-corrected chi connectivity index (χ0v) is 16.3. The highest BCUT2D eigenvalue weighted by molar-refractivity contribution is 5.69. The molecule has 1 heterocycles. The molecule has 0 amide bonds. The number of carboxylic acids is 1. The third kappa shape index (κ3) is 4.64. The van der Waals surface area contributed by atoms with Gasteiger partial charge in [-0.2, -0.15) is 5.10 Å². The van der Waals surface area contributed by atoms with Gasteiger partial charge in [-0.25, -0.2) is 9.07 Å². The van der Waals surface area contributed by atoms with Gasteiger partial charge < -0.3 is 10.0 Å². The Kier molecular flexibility index (Phi) is 5.90. The van der Waals surface area contributed by atoms with E-state index < -0.39 is 11.9 Å². The van der Waals surface area contributed by atoms with Crippen LogP contribution in [0.5, 0.6) is 0 Å². The minimum atomic E-state index is -0.812. The summed E-state index contributed by atoms with van der Waals surface area (Å²) in [5, 5.41) is 13.9. The molecule has 0 aliphatic carbocycles. The first-order valence-electron chi connectivity index (χ1n) is 9.16. The van der Waals surface area contributed by atoms with Crippen LogP contribution in [-0.2, 0) is 11.3 Å². The number of carboxylic acid groups (broad SMARTS) is 1. The summed E-state index contributed by atoms with van der Waals surface area (Å²) in [6, 6.07) is 14.3. The standard InChI is InChI=1S/C22H24FN3O2/c1-15-4-6-17(7-5-15)21-18(13-25(3)12-16(2)22(27)28)14-26(24-21)20-10-8-19(23)9-11-20/h4-11,14,16H,12-13H2,1-3H3,(H,27,28). The molecule has 146 valence electrons. The number of carbonyl (C=O) groups is 1. The maximum Gasteiger partial charge on any atom is 0.307 e. The minimum absolute atomic E-state index is 0.294. The zero-order valence-electron chi connectivity index (χ0n) is 16.3. The van der Waals surface area contributed by atoms with E-state index in [-0.39, 0.29) is 5.82 Å². The first-order chi connectivity index (χ1) is 13.3. The fourth-order valence-corrected chi connectivity index (χ4v) is 3.11. The number of halogens is 1. The highest BCUT2D eigenvalue weighted by atomic mass is 19.1. The quantitative estimate of drug-likeness (QED) is 0.668. The monoisotopic (exact) mass is 381 g/mol. The van der Waals surface area contributed by atoms with Crippen LogP contribution in [0.2, 0.25) is 0 Å². The first kappa shape index (κ1) is 19.8. The molecule has 0 radical (unpaired) electrons. The first-order valence-corrected chi connectivity index (χ1v) is 9.16. The number of hydrogen-bond acceptors (Lipinski definition) is 3. The summed E-state index contributed by atoms with van der Waals surface area (Å²) in [6.45, 7) is 4.72. The third-order valence-electron chi connectivity index (χ3n) is 4.65. The molecule has 1 unspecified atom stereocenters. The molecule has 28 heavy (non-hydrogen) atoms. The second-order valence-electron chi connectivity index (χ2n) is 7.23. The fourth-order valence-electron chi connectivity index (χ4n) is 3.11. The van der Waals surface area contributed by atoms with E-state index in [4.69, 9.17) is 10.2 Å². The van der Waals surface area contributed by atoms with E-state index >= 15 is 0 Å². The average molecular weight is 381 g/mol. The van der Waals surface area contributed by atoms with Crippen molar-refractivity contribution in [1.82, 2.24) is 14.7 Å². The Bertz CT molecular complexity index is 949. The maximum absolute atomic E-state index is 13.3. The molecule has 2 aromatic carbocycles. The van der Waals surface area contributed by atoms with Crippen molar-refractivity contribution < 1.29 is 14.3 Å². The van der Waals surface area contributed by atoms with Crippen LogP contribution in [0.4, 0.5) is 4.39 Å². The molecular weight excluding hydrogens is 357 g/mol. The number of aryl methyl sites for hydroxylation is 1. The van der Waals surface area contributed by atoms with Gasteiger partial charge in [0.05, 0.1) is 17.3 Å². The summed E-state index contributed by atoms with van der Waals surface area (Å²) >= 11 is 0. The lowest BCUT2D eigenvalue weighted by atomic mass is 10.1. The molecule has 0 saturated heterocycles. The van der Waals surface area contributed by atoms with Gasteiger partial charge in [-0.1, -0.05) is 36.8 Å². The van der Waals surface area contributed by atoms with E-state index in [1.54, 1.807) is 23.7 Å². The maximum atomic E-state index is 13.3. The lowest BCUT2D eigenvalue weighted by Crippen LogP contribution is -2.28. The molecule has 0 aliphatic heterocycles. The molecule has 1 aromatic heterocycles. The van der Waals surface area contributed by atoms with Gasteiger partial charge in [-0.3, -0.25) is 4.79 Å². The summed E-state index contributed by atoms with van der Waals surface area (Å²) in [4.78, 5) is 13.1. The fraction of sp³-hybridized carbons (Fsp3) is 0.273. The van der Waals surface area contributed by atoms with Crippen LogP contribution < -0.4 is 0 Å². The van der Waals surface area contributed by atoms with Gasteiger partial charge in [0.2, 0.25) is 0 Å². The molecular formula is C22H24FN3O2. The van der Waals surface area contributed by atoms with Gasteiger partial charge in [0.25, 0.3) is 0 Å². The Hall–Kier alpha value is -2.99. The summed E-state index contributed by atoms with van der Waals surface area (Å²) in [6.07, 6.45) is 1.92. The number of aliphatic carboxylic acids is 1. The summed E-state index contributed by atoms with van der Waals surface area (Å²) in [5.41, 5.74) is 4.73. The molecule has 3 rings (SSSR count). The van der Waals surface area contributed by atoms with Crippen molar-refractivity contribution in [3.8, 4) is 16.9 Å². The van der Waals surface area contributed by atoms with Crippen LogP contribution in [0.25, 0.3) is 16.9 Å². The molecule has 5 nitrogen and oxygen atoms in total. The second kappa shape index (κ2) is 8.35. The van der Waals surface area contributed by atoms with E-state index in [0.717, 1.165) is 28.1 Å². The Morgan fingerprint density at radius 3 is 2.43 bits per heavy atom. The summed E-state index contributed by atoms with van der Waals surface area (Å²) in [7, 11) is 1.90. The van der Waals surface area contributed by atoms with E-state index in [2.05, 4.69) is 0 Å². The van der Waals surface area contributed by atoms with Gasteiger partial charge in [0, 0.05) is 30.4 Å². The highest BCUT2D eigenvalue weighted by Crippen LogP contribution is 2.25. The van der Waals surface area contributed by atoms with Crippen LogP contribution in [0.15, 0.2) is 54.7 Å². The van der Waals surface area contributed by atoms with Gasteiger partial charge in [-0.15, -0.1) is 0 Å². The summed E-state index contributed by atoms with van der Waals surface area (Å²) < 4.78 is 15.0. The number of benzene rings is 2. The molecule has 1 atom stereocenters. The molecule has 0 spiro atoms. The van der Waals surface area contributed by atoms with Gasteiger partial charge in [0.15, 0.2) is 0 Å². The molecule has 6 heteroatoms. The normalized spacial score (nSPS) is 12.3. The van der Waals surface area contributed by atoms with Crippen LogP contribution >= 0.6 is 0 Å². The van der Waals surface area contributed by atoms with E-state index in [1.165, 1.54) is 12.1 Å². The van der Waals surface area contributed by atoms with Crippen molar-refractivity contribution in [1.29, 1.82) is 0 Å². The zero-order chi connectivity index (χ0) is 20.3. The van der Waals surface area contributed by atoms with Gasteiger partial charge >= 0.3 is 5.97 Å². The topological polar surface area (TPSA) is 58.4 Å². The average Bonchev–Trinajstić information content (AvgIpc) is 3.06. The second-order valence-corrected chi connectivity index (χ2v) is 7.23. The van der Waals surface area contributed by atoms with Crippen LogP contribution in [0.3, 0.4) is 0 Å². The lowest BCUT2D eigenvalue weighted by Gasteiger charge is -2.18. The highest BCUT2D eigenvalue weighted by Gasteiger charge is 2.18. The number of aromatic nitrogens is 2. The van der Waals surface area contributed by atoms with Crippen LogP contribution in [0.1, 0.15) is 18.1 Å². The van der Waals surface area contributed by atoms with Gasteiger partial charge in [0.1, 0.15) is 5.82 Å². The van der Waals surface area contributed by atoms with Crippen molar-refractivity contribution >= 4 is 5.97 Å².